The molecule has 11 heteroatoms. The second-order valence-electron chi connectivity index (χ2n) is 6.09. The highest BCUT2D eigenvalue weighted by atomic mass is 32.2. The average molecular weight is 419 g/mol. The third kappa shape index (κ3) is 6.13. The maximum Gasteiger partial charge on any atom is 0.393 e. The van der Waals surface area contributed by atoms with Crippen LogP contribution >= 0.6 is 0 Å². The topological polar surface area (TPSA) is 85.3 Å². The Morgan fingerprint density at radius 2 is 2.14 bits per heavy atom. The van der Waals surface area contributed by atoms with Crippen molar-refractivity contribution in [3.63, 3.8) is 0 Å². The van der Waals surface area contributed by atoms with Crippen LogP contribution in [0.3, 0.4) is 0 Å². The summed E-state index contributed by atoms with van der Waals surface area (Å²) in [5.74, 6) is -0.965. The van der Waals surface area contributed by atoms with Gasteiger partial charge in [-0.1, -0.05) is 11.2 Å². The molecule has 2 aromatic heterocycles. The lowest BCUT2D eigenvalue weighted by Crippen LogP contribution is -2.32. The van der Waals surface area contributed by atoms with Gasteiger partial charge >= 0.3 is 6.18 Å². The van der Waals surface area contributed by atoms with Crippen LogP contribution in [-0.2, 0) is 16.0 Å². The minimum absolute atomic E-state index is 0.120. The molecule has 0 spiro atoms. The summed E-state index contributed by atoms with van der Waals surface area (Å²) in [6.07, 6.45) is -1.08. The van der Waals surface area contributed by atoms with Crippen molar-refractivity contribution >= 4 is 22.8 Å². The molecule has 1 atom stereocenters. The molecule has 2 aromatic rings. The summed E-state index contributed by atoms with van der Waals surface area (Å²) in [5, 5.41) is 13.9. The van der Waals surface area contributed by atoms with Crippen LogP contribution in [0.2, 0.25) is 0 Å². The van der Waals surface area contributed by atoms with E-state index in [2.05, 4.69) is 5.10 Å². The molecule has 7 nitrogen and oxygen atoms in total. The van der Waals surface area contributed by atoms with E-state index in [1.165, 1.54) is 22.0 Å². The van der Waals surface area contributed by atoms with E-state index in [1.54, 1.807) is 32.2 Å². The van der Waals surface area contributed by atoms with Crippen LogP contribution in [-0.4, -0.2) is 49.7 Å². The Balaban J connectivity index is 2.05. The monoisotopic (exact) mass is 419 g/mol. The number of rotatable bonds is 8. The standard InChI is InChI=1S/C17H22F3N4O3S/c1-3-23(16(25)6-9-28(27)10-7-17(18,19)20)15-12-24(21-13(15)2)14-5-4-8-22(26)11-14/h4-5,8,11-12,26H,3,6-7,9-10H2,1-2H3/q+1. The molecular formula is C17H22F3N4O3S+. The second-order valence-corrected chi connectivity index (χ2v) is 7.78. The van der Waals surface area contributed by atoms with E-state index in [0.29, 0.717) is 23.6 Å². The van der Waals surface area contributed by atoms with Gasteiger partial charge in [0.25, 0.3) is 0 Å². The Labute approximate surface area is 163 Å². The van der Waals surface area contributed by atoms with Crippen LogP contribution in [0.5, 0.6) is 0 Å². The quantitative estimate of drug-likeness (QED) is 0.404. The number of anilines is 1. The number of aryl methyl sites for hydroxylation is 1. The molecule has 0 aliphatic heterocycles. The van der Waals surface area contributed by atoms with Crippen molar-refractivity contribution < 1.29 is 32.5 Å². The minimum atomic E-state index is -4.36. The highest BCUT2D eigenvalue weighted by molar-refractivity contribution is 7.91. The Morgan fingerprint density at radius 1 is 1.43 bits per heavy atom. The largest absolute Gasteiger partial charge is 0.616 e. The molecule has 0 saturated heterocycles. The van der Waals surface area contributed by atoms with Gasteiger partial charge in [-0.15, -0.1) is 0 Å². The maximum absolute atomic E-state index is 12.5. The van der Waals surface area contributed by atoms with Gasteiger partial charge in [0.05, 0.1) is 30.4 Å². The van der Waals surface area contributed by atoms with Gasteiger partial charge in [0.2, 0.25) is 18.3 Å². The Morgan fingerprint density at radius 3 is 2.75 bits per heavy atom. The van der Waals surface area contributed by atoms with E-state index in [1.807, 2.05) is 0 Å². The molecule has 1 unspecified atom stereocenters. The number of amides is 1. The predicted octanol–water partition coefficient (Wildman–Crippen LogP) is 2.15. The van der Waals surface area contributed by atoms with Crippen molar-refractivity contribution in [3.05, 3.63) is 36.4 Å². The Hall–Kier alpha value is -2.27. The molecule has 2 heterocycles. The molecule has 0 aliphatic rings. The summed E-state index contributed by atoms with van der Waals surface area (Å²) in [6.45, 7) is 3.81. The molecule has 0 saturated carbocycles. The van der Waals surface area contributed by atoms with Crippen LogP contribution in [0.15, 0.2) is 30.7 Å². The lowest BCUT2D eigenvalue weighted by Gasteiger charge is -2.20. The van der Waals surface area contributed by atoms with E-state index in [-0.39, 0.29) is 18.1 Å². The minimum Gasteiger partial charge on any atom is -0.616 e. The number of carbonyl (C=O) groups is 1. The SMILES string of the molecule is CCN(C(=O)CC[S+]([O-])CCC(F)(F)F)c1cn(-c2ccc[n+](O)c2)nc1C. The van der Waals surface area contributed by atoms with Crippen molar-refractivity contribution in [2.75, 3.05) is 23.0 Å². The van der Waals surface area contributed by atoms with Crippen molar-refractivity contribution in [2.45, 2.75) is 32.9 Å². The number of hydrogen-bond acceptors (Lipinski definition) is 4. The summed E-state index contributed by atoms with van der Waals surface area (Å²) in [6, 6.07) is 3.36. The maximum atomic E-state index is 12.5. The molecule has 0 aromatic carbocycles. The van der Waals surface area contributed by atoms with E-state index >= 15 is 0 Å². The fourth-order valence-corrected chi connectivity index (χ4v) is 3.65. The van der Waals surface area contributed by atoms with Crippen molar-refractivity contribution in [3.8, 4) is 5.69 Å². The summed E-state index contributed by atoms with van der Waals surface area (Å²) >= 11 is -1.71. The molecule has 28 heavy (non-hydrogen) atoms. The van der Waals surface area contributed by atoms with E-state index in [0.717, 1.165) is 4.73 Å². The number of carbonyl (C=O) groups excluding carboxylic acids is 1. The number of pyridine rings is 1. The molecule has 0 bridgehead atoms. The van der Waals surface area contributed by atoms with Gasteiger partial charge in [0.15, 0.2) is 0 Å². The van der Waals surface area contributed by atoms with Gasteiger partial charge < -0.3 is 9.45 Å². The fraction of sp³-hybridized carbons (Fsp3) is 0.471. The van der Waals surface area contributed by atoms with Crippen molar-refractivity contribution in [1.82, 2.24) is 9.78 Å². The third-order valence-corrected chi connectivity index (χ3v) is 5.29. The molecule has 154 valence electrons. The van der Waals surface area contributed by atoms with Crippen LogP contribution in [0.4, 0.5) is 18.9 Å². The zero-order valence-corrected chi connectivity index (χ0v) is 16.3. The van der Waals surface area contributed by atoms with Gasteiger partial charge in [0, 0.05) is 17.3 Å². The molecular weight excluding hydrogens is 397 g/mol. The summed E-state index contributed by atoms with van der Waals surface area (Å²) < 4.78 is 50.7. The highest BCUT2D eigenvalue weighted by Gasteiger charge is 2.30. The summed E-state index contributed by atoms with van der Waals surface area (Å²) in [7, 11) is 0. The lowest BCUT2D eigenvalue weighted by molar-refractivity contribution is -0.904. The molecule has 0 aliphatic carbocycles. The molecule has 0 fully saturated rings. The first-order valence-electron chi connectivity index (χ1n) is 8.60. The van der Waals surface area contributed by atoms with Gasteiger partial charge in [-0.05, 0) is 19.9 Å². The number of aromatic nitrogens is 3. The average Bonchev–Trinajstić information content (AvgIpc) is 3.00. The van der Waals surface area contributed by atoms with Gasteiger partial charge in [-0.3, -0.25) is 10.0 Å². The van der Waals surface area contributed by atoms with Gasteiger partial charge in [-0.2, -0.15) is 18.3 Å². The third-order valence-electron chi connectivity index (χ3n) is 3.97. The normalized spacial score (nSPS) is 12.8. The fourth-order valence-electron chi connectivity index (χ4n) is 2.58. The van der Waals surface area contributed by atoms with Crippen LogP contribution < -0.4 is 9.63 Å². The summed E-state index contributed by atoms with van der Waals surface area (Å²) in [5.41, 5.74) is 1.69. The first-order valence-corrected chi connectivity index (χ1v) is 10.1. The Bertz CT molecular complexity index is 813. The number of nitrogens with zero attached hydrogens (tertiary/aromatic N) is 4. The van der Waals surface area contributed by atoms with Crippen molar-refractivity contribution in [1.29, 1.82) is 0 Å². The van der Waals surface area contributed by atoms with Gasteiger partial charge in [0.1, 0.15) is 17.2 Å². The Kier molecular flexibility index (Phi) is 7.30. The molecule has 2 rings (SSSR count). The molecule has 1 amide bonds. The van der Waals surface area contributed by atoms with E-state index in [9.17, 15) is 27.7 Å². The zero-order valence-electron chi connectivity index (χ0n) is 15.5. The number of alkyl halides is 3. The van der Waals surface area contributed by atoms with Gasteiger partial charge in [-0.25, -0.2) is 4.68 Å². The summed E-state index contributed by atoms with van der Waals surface area (Å²) in [4.78, 5) is 14.0. The van der Waals surface area contributed by atoms with Crippen LogP contribution in [0, 0.1) is 6.92 Å². The van der Waals surface area contributed by atoms with E-state index in [4.69, 9.17) is 0 Å². The molecule has 0 radical (unpaired) electrons. The lowest BCUT2D eigenvalue weighted by atomic mass is 10.3. The highest BCUT2D eigenvalue weighted by Crippen LogP contribution is 2.23. The first kappa shape index (κ1) is 22.0. The molecule has 1 N–H and O–H groups in total. The van der Waals surface area contributed by atoms with E-state index < -0.39 is 29.5 Å². The number of hydrogen-bond donors (Lipinski definition) is 1. The predicted molar refractivity (Wildman–Crippen MR) is 96.9 cm³/mol. The zero-order chi connectivity index (χ0) is 20.9. The van der Waals surface area contributed by atoms with Crippen molar-refractivity contribution in [2.24, 2.45) is 0 Å². The smallest absolute Gasteiger partial charge is 0.393 e. The second kappa shape index (κ2) is 9.28. The number of halogens is 3. The van der Waals surface area contributed by atoms with Crippen LogP contribution in [0.1, 0.15) is 25.5 Å². The van der Waals surface area contributed by atoms with Crippen LogP contribution in [0.25, 0.3) is 5.69 Å². The first-order chi connectivity index (χ1) is 13.1.